The summed E-state index contributed by atoms with van der Waals surface area (Å²) in [7, 11) is 0. The van der Waals surface area contributed by atoms with Crippen LogP contribution in [0.25, 0.3) is 11.5 Å². The molecule has 1 aromatic carbocycles. The van der Waals surface area contributed by atoms with Crippen molar-refractivity contribution in [2.24, 2.45) is 0 Å². The van der Waals surface area contributed by atoms with Crippen LogP contribution in [-0.2, 0) is 5.33 Å². The SMILES string of the molecule is Clc1ccccc1-c1nnc(CBr)o1. The molecule has 0 spiro atoms. The van der Waals surface area contributed by atoms with E-state index in [1.165, 1.54) is 0 Å². The molecular formula is C9H6BrClN2O. The first-order valence-corrected chi connectivity index (χ1v) is 5.44. The number of benzene rings is 1. The summed E-state index contributed by atoms with van der Waals surface area (Å²) < 4.78 is 5.35. The Morgan fingerprint density at radius 3 is 2.71 bits per heavy atom. The Kier molecular flexibility index (Phi) is 2.84. The molecule has 0 radical (unpaired) electrons. The first kappa shape index (κ1) is 9.68. The van der Waals surface area contributed by atoms with Crippen molar-refractivity contribution >= 4 is 27.5 Å². The zero-order valence-electron chi connectivity index (χ0n) is 7.08. The van der Waals surface area contributed by atoms with Crippen LogP contribution >= 0.6 is 27.5 Å². The Balaban J connectivity index is 2.44. The monoisotopic (exact) mass is 272 g/mol. The van der Waals surface area contributed by atoms with E-state index in [2.05, 4.69) is 26.1 Å². The predicted octanol–water partition coefficient (Wildman–Crippen LogP) is 3.28. The summed E-state index contributed by atoms with van der Waals surface area (Å²) in [6.07, 6.45) is 0. The molecule has 0 fully saturated rings. The van der Waals surface area contributed by atoms with Crippen LogP contribution in [-0.4, -0.2) is 10.2 Å². The van der Waals surface area contributed by atoms with Gasteiger partial charge in [0.05, 0.1) is 15.9 Å². The fourth-order valence-electron chi connectivity index (χ4n) is 1.05. The third kappa shape index (κ3) is 1.81. The molecule has 3 nitrogen and oxygen atoms in total. The molecule has 0 saturated heterocycles. The van der Waals surface area contributed by atoms with E-state index in [0.29, 0.717) is 22.1 Å². The summed E-state index contributed by atoms with van der Waals surface area (Å²) in [4.78, 5) is 0. The van der Waals surface area contributed by atoms with Gasteiger partial charge in [-0.1, -0.05) is 39.7 Å². The van der Waals surface area contributed by atoms with Gasteiger partial charge >= 0.3 is 0 Å². The normalized spacial score (nSPS) is 10.4. The molecule has 72 valence electrons. The van der Waals surface area contributed by atoms with Gasteiger partial charge in [-0.3, -0.25) is 0 Å². The molecule has 0 aliphatic carbocycles. The fraction of sp³-hybridized carbons (Fsp3) is 0.111. The van der Waals surface area contributed by atoms with Crippen LogP contribution in [0.15, 0.2) is 28.7 Å². The molecule has 5 heteroatoms. The molecule has 1 heterocycles. The summed E-state index contributed by atoms with van der Waals surface area (Å²) in [6, 6.07) is 7.36. The minimum Gasteiger partial charge on any atom is -0.420 e. The van der Waals surface area contributed by atoms with Gasteiger partial charge in [-0.2, -0.15) is 0 Å². The quantitative estimate of drug-likeness (QED) is 0.788. The molecule has 0 N–H and O–H groups in total. The number of halogens is 2. The zero-order valence-corrected chi connectivity index (χ0v) is 9.42. The number of hydrogen-bond donors (Lipinski definition) is 0. The Morgan fingerprint density at radius 2 is 2.07 bits per heavy atom. The van der Waals surface area contributed by atoms with Gasteiger partial charge in [0.1, 0.15) is 0 Å². The van der Waals surface area contributed by atoms with Gasteiger partial charge < -0.3 is 4.42 Å². The lowest BCUT2D eigenvalue weighted by atomic mass is 10.2. The van der Waals surface area contributed by atoms with Crippen LogP contribution in [0.5, 0.6) is 0 Å². The molecule has 0 unspecified atom stereocenters. The maximum absolute atomic E-state index is 5.97. The van der Waals surface area contributed by atoms with Gasteiger partial charge in [0.2, 0.25) is 11.8 Å². The maximum atomic E-state index is 5.97. The molecule has 0 amide bonds. The van der Waals surface area contributed by atoms with Gasteiger partial charge in [-0.05, 0) is 12.1 Å². The number of rotatable bonds is 2. The summed E-state index contributed by atoms with van der Waals surface area (Å²) in [5, 5.41) is 8.87. The maximum Gasteiger partial charge on any atom is 0.249 e. The second-order valence-electron chi connectivity index (χ2n) is 2.61. The lowest BCUT2D eigenvalue weighted by Crippen LogP contribution is -1.78. The van der Waals surface area contributed by atoms with E-state index in [9.17, 15) is 0 Å². The Morgan fingerprint density at radius 1 is 1.29 bits per heavy atom. The van der Waals surface area contributed by atoms with E-state index in [4.69, 9.17) is 16.0 Å². The van der Waals surface area contributed by atoms with Crippen LogP contribution in [0.1, 0.15) is 5.89 Å². The minimum atomic E-state index is 0.449. The molecule has 0 atom stereocenters. The second kappa shape index (κ2) is 4.11. The Bertz CT molecular complexity index is 444. The summed E-state index contributed by atoms with van der Waals surface area (Å²) in [5.74, 6) is 0.991. The average molecular weight is 274 g/mol. The van der Waals surface area contributed by atoms with Crippen molar-refractivity contribution in [1.29, 1.82) is 0 Å². The molecule has 14 heavy (non-hydrogen) atoms. The van der Waals surface area contributed by atoms with Crippen molar-refractivity contribution in [3.05, 3.63) is 35.2 Å². The number of aromatic nitrogens is 2. The minimum absolute atomic E-state index is 0.449. The van der Waals surface area contributed by atoms with E-state index in [1.54, 1.807) is 6.07 Å². The standard InChI is InChI=1S/C9H6BrClN2O/c10-5-8-12-13-9(14-8)6-3-1-2-4-7(6)11/h1-4H,5H2. The third-order valence-electron chi connectivity index (χ3n) is 1.69. The highest BCUT2D eigenvalue weighted by atomic mass is 79.9. The summed E-state index contributed by atoms with van der Waals surface area (Å²) in [6.45, 7) is 0. The highest BCUT2D eigenvalue weighted by molar-refractivity contribution is 9.08. The van der Waals surface area contributed by atoms with E-state index >= 15 is 0 Å². The van der Waals surface area contributed by atoms with E-state index in [-0.39, 0.29) is 0 Å². The largest absolute Gasteiger partial charge is 0.420 e. The second-order valence-corrected chi connectivity index (χ2v) is 3.58. The lowest BCUT2D eigenvalue weighted by Gasteiger charge is -1.96. The zero-order chi connectivity index (χ0) is 9.97. The molecule has 2 rings (SSSR count). The third-order valence-corrected chi connectivity index (χ3v) is 2.49. The number of nitrogens with zero attached hydrogens (tertiary/aromatic N) is 2. The predicted molar refractivity (Wildman–Crippen MR) is 57.4 cm³/mol. The van der Waals surface area contributed by atoms with E-state index < -0.39 is 0 Å². The molecule has 0 aliphatic rings. The van der Waals surface area contributed by atoms with Crippen molar-refractivity contribution in [3.8, 4) is 11.5 Å². The van der Waals surface area contributed by atoms with Crippen molar-refractivity contribution < 1.29 is 4.42 Å². The van der Waals surface area contributed by atoms with Crippen LogP contribution in [0.3, 0.4) is 0 Å². The molecule has 0 saturated carbocycles. The van der Waals surface area contributed by atoms with Crippen LogP contribution in [0, 0.1) is 0 Å². The number of hydrogen-bond acceptors (Lipinski definition) is 3. The molecule has 2 aromatic rings. The van der Waals surface area contributed by atoms with Crippen molar-refractivity contribution in [3.63, 3.8) is 0 Å². The first-order valence-electron chi connectivity index (χ1n) is 3.94. The van der Waals surface area contributed by atoms with Crippen molar-refractivity contribution in [1.82, 2.24) is 10.2 Å². The van der Waals surface area contributed by atoms with Crippen LogP contribution in [0.2, 0.25) is 5.02 Å². The molecular weight excluding hydrogens is 267 g/mol. The van der Waals surface area contributed by atoms with Gasteiger partial charge in [-0.15, -0.1) is 10.2 Å². The lowest BCUT2D eigenvalue weighted by molar-refractivity contribution is 0.530. The highest BCUT2D eigenvalue weighted by Crippen LogP contribution is 2.26. The highest BCUT2D eigenvalue weighted by Gasteiger charge is 2.09. The Hall–Kier alpha value is -0.870. The summed E-state index contributed by atoms with van der Waals surface area (Å²) in [5.41, 5.74) is 0.758. The average Bonchev–Trinajstić information content (AvgIpc) is 2.67. The van der Waals surface area contributed by atoms with Crippen molar-refractivity contribution in [2.75, 3.05) is 0 Å². The summed E-state index contributed by atoms with van der Waals surface area (Å²) >= 11 is 9.20. The van der Waals surface area contributed by atoms with Crippen molar-refractivity contribution in [2.45, 2.75) is 5.33 Å². The van der Waals surface area contributed by atoms with Gasteiger partial charge in [0.15, 0.2) is 0 Å². The smallest absolute Gasteiger partial charge is 0.249 e. The molecule has 0 bridgehead atoms. The number of alkyl halides is 1. The first-order chi connectivity index (χ1) is 6.81. The Labute approximate surface area is 94.2 Å². The topological polar surface area (TPSA) is 38.9 Å². The van der Waals surface area contributed by atoms with Gasteiger partial charge in [0, 0.05) is 0 Å². The van der Waals surface area contributed by atoms with Crippen LogP contribution in [0.4, 0.5) is 0 Å². The van der Waals surface area contributed by atoms with Gasteiger partial charge in [-0.25, -0.2) is 0 Å². The van der Waals surface area contributed by atoms with Gasteiger partial charge in [0.25, 0.3) is 0 Å². The fourth-order valence-corrected chi connectivity index (χ4v) is 1.49. The molecule has 1 aromatic heterocycles. The van der Waals surface area contributed by atoms with E-state index in [1.807, 2.05) is 18.2 Å². The van der Waals surface area contributed by atoms with E-state index in [0.717, 1.165) is 5.56 Å². The molecule has 0 aliphatic heterocycles. The van der Waals surface area contributed by atoms with Crippen LogP contribution < -0.4 is 0 Å².